The normalized spacial score (nSPS) is 11.5. The van der Waals surface area contributed by atoms with Crippen molar-refractivity contribution in [2.75, 3.05) is 7.11 Å². The summed E-state index contributed by atoms with van der Waals surface area (Å²) in [6, 6.07) is 0.771. The molecule has 1 aromatic rings. The Bertz CT molecular complexity index is 318. The van der Waals surface area contributed by atoms with Gasteiger partial charge in [-0.05, 0) is 6.07 Å². The van der Waals surface area contributed by atoms with Gasteiger partial charge in [-0.1, -0.05) is 11.6 Å². The van der Waals surface area contributed by atoms with Crippen LogP contribution in [0, 0.1) is 0 Å². The molecule has 2 nitrogen and oxygen atoms in total. The summed E-state index contributed by atoms with van der Waals surface area (Å²) in [5, 5.41) is -0.155. The summed E-state index contributed by atoms with van der Waals surface area (Å²) in [6.45, 7) is 0. The fraction of sp³-hybridized carbons (Fsp3) is 0.286. The fourth-order valence-corrected chi connectivity index (χ4v) is 0.974. The van der Waals surface area contributed by atoms with Crippen molar-refractivity contribution in [2.24, 2.45) is 0 Å². The lowest BCUT2D eigenvalue weighted by molar-refractivity contribution is -0.137. The zero-order valence-corrected chi connectivity index (χ0v) is 7.28. The van der Waals surface area contributed by atoms with Gasteiger partial charge in [-0.15, -0.1) is 0 Å². The first-order valence-corrected chi connectivity index (χ1v) is 3.59. The second-order valence-electron chi connectivity index (χ2n) is 2.21. The average molecular weight is 214 g/mol. The van der Waals surface area contributed by atoms with Gasteiger partial charge in [0.2, 0.25) is 5.88 Å². The summed E-state index contributed by atoms with van der Waals surface area (Å²) in [6.07, 6.45) is -3.76. The molecule has 0 saturated heterocycles. The van der Waals surface area contributed by atoms with Crippen LogP contribution in [0.1, 0.15) is 6.99 Å². The number of hydrogen-bond donors (Lipinski definition) is 0. The third-order valence-corrected chi connectivity index (χ3v) is 1.60. The molecule has 1 aromatic heterocycles. The number of halogens is 4. The maximum Gasteiger partial charge on any atom is 0.417 e. The lowest BCUT2D eigenvalue weighted by Crippen LogP contribution is -2.05. The lowest BCUT2D eigenvalue weighted by Gasteiger charge is -2.07. The minimum absolute atomic E-state index is 0. The quantitative estimate of drug-likeness (QED) is 0.716. The van der Waals surface area contributed by atoms with E-state index in [1.165, 1.54) is 7.11 Å². The Labute approximate surface area is 78.8 Å². The highest BCUT2D eigenvalue weighted by molar-refractivity contribution is 6.31. The van der Waals surface area contributed by atoms with E-state index in [1.807, 2.05) is 0 Å². The predicted octanol–water partition coefficient (Wildman–Crippen LogP) is 3.01. The Hall–Kier alpha value is -0.970. The molecule has 1 rings (SSSR count). The van der Waals surface area contributed by atoms with Gasteiger partial charge in [0.15, 0.2) is 0 Å². The molecule has 0 bridgehead atoms. The molecule has 0 N–H and O–H groups in total. The molecule has 0 atom stereocenters. The highest BCUT2D eigenvalue weighted by Crippen LogP contribution is 2.32. The van der Waals surface area contributed by atoms with Gasteiger partial charge in [-0.3, -0.25) is 0 Å². The molecule has 1 heterocycles. The maximum absolute atomic E-state index is 12.1. The van der Waals surface area contributed by atoms with Gasteiger partial charge >= 0.3 is 6.18 Å². The monoisotopic (exact) mass is 213 g/mol. The molecule has 0 amide bonds. The van der Waals surface area contributed by atoms with E-state index in [1.54, 1.807) is 0 Å². The summed E-state index contributed by atoms with van der Waals surface area (Å²) in [5.41, 5.74) is -0.890. The Balaban J connectivity index is 0.00000169. The van der Waals surface area contributed by atoms with Gasteiger partial charge < -0.3 is 4.74 Å². The van der Waals surface area contributed by atoms with Crippen molar-refractivity contribution in [1.29, 1.82) is 0 Å². The van der Waals surface area contributed by atoms with Crippen molar-refractivity contribution in [1.82, 2.24) is 4.98 Å². The second-order valence-corrected chi connectivity index (χ2v) is 2.62. The van der Waals surface area contributed by atoms with E-state index in [-0.39, 0.29) is 12.3 Å². The first-order chi connectivity index (χ1) is 5.95. The van der Waals surface area contributed by atoms with Gasteiger partial charge in [0.05, 0.1) is 12.7 Å². The van der Waals surface area contributed by atoms with E-state index in [9.17, 15) is 13.2 Å². The van der Waals surface area contributed by atoms with Crippen LogP contribution in [0.3, 0.4) is 0 Å². The molecule has 0 aliphatic rings. The zero-order chi connectivity index (χ0) is 10.1. The van der Waals surface area contributed by atoms with Crippen molar-refractivity contribution >= 4 is 11.6 Å². The van der Waals surface area contributed by atoms with E-state index in [4.69, 9.17) is 11.6 Å². The third kappa shape index (κ3) is 2.24. The van der Waals surface area contributed by atoms with Gasteiger partial charge in [0, 0.05) is 7.62 Å². The van der Waals surface area contributed by atoms with Crippen LogP contribution in [-0.2, 0) is 6.18 Å². The smallest absolute Gasteiger partial charge is 0.417 e. The van der Waals surface area contributed by atoms with Gasteiger partial charge in [-0.25, -0.2) is 4.98 Å². The molecule has 13 heavy (non-hydrogen) atoms. The number of methoxy groups -OCH3 is 1. The average Bonchev–Trinajstić information content (AvgIpc) is 2.02. The summed E-state index contributed by atoms with van der Waals surface area (Å²) in [7, 11) is 1.28. The molecule has 0 radical (unpaired) electrons. The fourth-order valence-electron chi connectivity index (χ4n) is 0.731. The number of nitrogens with zero attached hydrogens (tertiary/aromatic N) is 1. The standard InChI is InChI=1S/C7H5ClF3NO.H2/c1-13-6-5(8)2-4(3-12-6)7(9,10)11;/h2-3H,1H3;1H. The van der Waals surface area contributed by atoms with Crippen LogP contribution in [0.25, 0.3) is 0 Å². The predicted molar refractivity (Wildman–Crippen MR) is 42.9 cm³/mol. The van der Waals surface area contributed by atoms with Crippen LogP contribution in [0.15, 0.2) is 12.3 Å². The molecule has 74 valence electrons. The van der Waals surface area contributed by atoms with Crippen molar-refractivity contribution in [3.8, 4) is 5.88 Å². The molecular formula is C7H7ClF3NO. The highest BCUT2D eigenvalue weighted by atomic mass is 35.5. The van der Waals surface area contributed by atoms with Gasteiger partial charge in [0.1, 0.15) is 5.02 Å². The number of ether oxygens (including phenoxy) is 1. The summed E-state index contributed by atoms with van der Waals surface area (Å²) in [4.78, 5) is 3.39. The Morgan fingerprint density at radius 1 is 1.54 bits per heavy atom. The summed E-state index contributed by atoms with van der Waals surface area (Å²) in [5.74, 6) is -0.0188. The molecule has 0 fully saturated rings. The molecule has 0 spiro atoms. The Morgan fingerprint density at radius 2 is 2.15 bits per heavy atom. The van der Waals surface area contributed by atoms with E-state index < -0.39 is 11.7 Å². The van der Waals surface area contributed by atoms with E-state index in [0.717, 1.165) is 6.07 Å². The zero-order valence-electron chi connectivity index (χ0n) is 6.52. The molecule has 0 aliphatic heterocycles. The van der Waals surface area contributed by atoms with Crippen LogP contribution in [-0.4, -0.2) is 12.1 Å². The van der Waals surface area contributed by atoms with Crippen molar-refractivity contribution in [3.63, 3.8) is 0 Å². The highest BCUT2D eigenvalue weighted by Gasteiger charge is 2.31. The topological polar surface area (TPSA) is 22.1 Å². The van der Waals surface area contributed by atoms with E-state index in [2.05, 4.69) is 9.72 Å². The van der Waals surface area contributed by atoms with E-state index in [0.29, 0.717) is 6.20 Å². The van der Waals surface area contributed by atoms with Crippen LogP contribution < -0.4 is 4.74 Å². The Morgan fingerprint density at radius 3 is 2.54 bits per heavy atom. The largest absolute Gasteiger partial charge is 0.480 e. The van der Waals surface area contributed by atoms with Gasteiger partial charge in [-0.2, -0.15) is 13.2 Å². The van der Waals surface area contributed by atoms with Crippen molar-refractivity contribution < 1.29 is 19.3 Å². The molecular weight excluding hydrogens is 207 g/mol. The minimum atomic E-state index is -4.43. The van der Waals surface area contributed by atoms with Crippen molar-refractivity contribution in [3.05, 3.63) is 22.8 Å². The van der Waals surface area contributed by atoms with E-state index >= 15 is 0 Å². The number of aromatic nitrogens is 1. The second kappa shape index (κ2) is 3.41. The molecule has 0 aliphatic carbocycles. The Kier molecular flexibility index (Phi) is 2.66. The summed E-state index contributed by atoms with van der Waals surface area (Å²) < 4.78 is 40.8. The SMILES string of the molecule is COc1ncc(C(F)(F)F)cc1Cl.[HH]. The molecule has 6 heteroatoms. The van der Waals surface area contributed by atoms with Crippen LogP contribution >= 0.6 is 11.6 Å². The maximum atomic E-state index is 12.1. The van der Waals surface area contributed by atoms with Crippen LogP contribution in [0.2, 0.25) is 5.02 Å². The van der Waals surface area contributed by atoms with Gasteiger partial charge in [0.25, 0.3) is 0 Å². The molecule has 0 saturated carbocycles. The number of hydrogen-bond acceptors (Lipinski definition) is 2. The number of alkyl halides is 3. The minimum Gasteiger partial charge on any atom is -0.480 e. The van der Waals surface area contributed by atoms with Crippen LogP contribution in [0.5, 0.6) is 5.88 Å². The molecule has 0 unspecified atom stereocenters. The van der Waals surface area contributed by atoms with Crippen LogP contribution in [0.4, 0.5) is 13.2 Å². The number of pyridine rings is 1. The van der Waals surface area contributed by atoms with Crippen molar-refractivity contribution in [2.45, 2.75) is 6.18 Å². The third-order valence-electron chi connectivity index (χ3n) is 1.33. The summed E-state index contributed by atoms with van der Waals surface area (Å²) >= 11 is 5.45. The first kappa shape index (κ1) is 10.1. The number of rotatable bonds is 1. The molecule has 0 aromatic carbocycles. The lowest BCUT2D eigenvalue weighted by atomic mass is 10.3. The first-order valence-electron chi connectivity index (χ1n) is 3.22.